The minimum Gasteiger partial charge on any atom is -0.459 e. The third kappa shape index (κ3) is 6.77. The predicted octanol–water partition coefficient (Wildman–Crippen LogP) is 2.10. The number of hydrogen-bond acceptors (Lipinski definition) is 5. The molecule has 1 aliphatic rings. The molecule has 0 spiro atoms. The van der Waals surface area contributed by atoms with E-state index in [4.69, 9.17) is 4.74 Å². The van der Waals surface area contributed by atoms with E-state index >= 15 is 0 Å². The molecule has 0 radical (unpaired) electrons. The van der Waals surface area contributed by atoms with Gasteiger partial charge in [0.25, 0.3) is 0 Å². The van der Waals surface area contributed by atoms with E-state index in [2.05, 4.69) is 12.2 Å². The van der Waals surface area contributed by atoms with Gasteiger partial charge in [-0.3, -0.25) is 4.79 Å². The van der Waals surface area contributed by atoms with Crippen LogP contribution in [0.1, 0.15) is 59.8 Å². The molecule has 0 saturated carbocycles. The Morgan fingerprint density at radius 3 is 2.52 bits per heavy atom. The molecule has 0 aliphatic carbocycles. The molecule has 0 amide bonds. The van der Waals surface area contributed by atoms with Gasteiger partial charge in [0.05, 0.1) is 18.1 Å². The average molecular weight is 329 g/mol. The summed E-state index contributed by atoms with van der Waals surface area (Å²) in [4.78, 5) is 12.3. The number of cyclic esters (lactones) is 1. The number of aliphatic hydroxyl groups is 2. The fourth-order valence-electron chi connectivity index (χ4n) is 3.31. The molecule has 1 aliphatic heterocycles. The van der Waals surface area contributed by atoms with Crippen LogP contribution in [0.2, 0.25) is 0 Å². The monoisotopic (exact) mass is 329 g/mol. The van der Waals surface area contributed by atoms with Crippen LogP contribution in [-0.2, 0) is 9.53 Å². The van der Waals surface area contributed by atoms with Gasteiger partial charge in [0.15, 0.2) is 0 Å². The van der Waals surface area contributed by atoms with E-state index in [1.165, 1.54) is 0 Å². The van der Waals surface area contributed by atoms with Crippen molar-refractivity contribution in [2.75, 3.05) is 13.1 Å². The van der Waals surface area contributed by atoms with Gasteiger partial charge in [-0.1, -0.05) is 20.8 Å². The maximum absolute atomic E-state index is 12.3. The molecule has 136 valence electrons. The summed E-state index contributed by atoms with van der Waals surface area (Å²) in [6.07, 6.45) is 2.15. The van der Waals surface area contributed by atoms with Gasteiger partial charge in [0.1, 0.15) is 6.10 Å². The van der Waals surface area contributed by atoms with Gasteiger partial charge < -0.3 is 20.3 Å². The molecule has 0 aromatic heterocycles. The van der Waals surface area contributed by atoms with Gasteiger partial charge in [0.2, 0.25) is 0 Å². The second kappa shape index (κ2) is 10.3. The van der Waals surface area contributed by atoms with Crippen molar-refractivity contribution in [1.82, 2.24) is 5.32 Å². The van der Waals surface area contributed by atoms with E-state index in [-0.39, 0.29) is 5.92 Å². The summed E-state index contributed by atoms with van der Waals surface area (Å²) in [6, 6.07) is 0. The third-order valence-electron chi connectivity index (χ3n) is 5.01. The van der Waals surface area contributed by atoms with Crippen molar-refractivity contribution in [2.24, 2.45) is 17.8 Å². The highest BCUT2D eigenvalue weighted by molar-refractivity contribution is 5.73. The van der Waals surface area contributed by atoms with E-state index < -0.39 is 30.2 Å². The molecule has 5 heteroatoms. The Morgan fingerprint density at radius 2 is 1.87 bits per heavy atom. The first-order valence-corrected chi connectivity index (χ1v) is 9.14. The van der Waals surface area contributed by atoms with Crippen molar-refractivity contribution in [3.63, 3.8) is 0 Å². The maximum Gasteiger partial charge on any atom is 0.311 e. The van der Waals surface area contributed by atoms with Crippen LogP contribution < -0.4 is 5.32 Å². The molecule has 1 heterocycles. The van der Waals surface area contributed by atoms with Crippen LogP contribution >= 0.6 is 0 Å². The van der Waals surface area contributed by atoms with E-state index in [1.54, 1.807) is 6.92 Å². The standard InChI is InChI=1S/C18H35NO4/c1-5-16-15(20)7-6-9-19-10-8-12(2)11-13(3)17(21)14(4)18(22)23-16/h12-17,19-21H,5-11H2,1-4H3/t12-,13+,14+,15-,16+,17?/m0/s1. The summed E-state index contributed by atoms with van der Waals surface area (Å²) < 4.78 is 5.48. The summed E-state index contributed by atoms with van der Waals surface area (Å²) in [6.45, 7) is 9.60. The van der Waals surface area contributed by atoms with E-state index in [1.807, 2.05) is 13.8 Å². The fourth-order valence-corrected chi connectivity index (χ4v) is 3.31. The first-order valence-electron chi connectivity index (χ1n) is 9.14. The lowest BCUT2D eigenvalue weighted by Crippen LogP contribution is -2.38. The zero-order valence-electron chi connectivity index (χ0n) is 15.1. The number of ether oxygens (including phenoxy) is 1. The molecule has 0 aromatic carbocycles. The quantitative estimate of drug-likeness (QED) is 0.642. The number of aliphatic hydroxyl groups excluding tert-OH is 2. The molecule has 6 atom stereocenters. The summed E-state index contributed by atoms with van der Waals surface area (Å²) in [7, 11) is 0. The molecule has 5 nitrogen and oxygen atoms in total. The Labute approximate surface area is 140 Å². The zero-order valence-corrected chi connectivity index (χ0v) is 15.1. The largest absolute Gasteiger partial charge is 0.459 e. The minimum absolute atomic E-state index is 0.0441. The van der Waals surface area contributed by atoms with Crippen molar-refractivity contribution in [3.05, 3.63) is 0 Å². The second-order valence-electron chi connectivity index (χ2n) is 7.23. The molecule has 1 saturated heterocycles. The number of nitrogens with one attached hydrogen (secondary N) is 1. The number of carbonyl (C=O) groups excluding carboxylic acids is 1. The highest BCUT2D eigenvalue weighted by Crippen LogP contribution is 2.24. The molecule has 0 aromatic rings. The number of esters is 1. The van der Waals surface area contributed by atoms with Crippen molar-refractivity contribution >= 4 is 5.97 Å². The van der Waals surface area contributed by atoms with Gasteiger partial charge in [-0.2, -0.15) is 0 Å². The average Bonchev–Trinajstić information content (AvgIpc) is 2.52. The number of carbonyl (C=O) groups is 1. The molecular weight excluding hydrogens is 294 g/mol. The van der Waals surface area contributed by atoms with E-state index in [0.717, 1.165) is 32.4 Å². The van der Waals surface area contributed by atoms with Crippen LogP contribution in [0.4, 0.5) is 0 Å². The van der Waals surface area contributed by atoms with Crippen LogP contribution in [-0.4, -0.2) is 47.6 Å². The highest BCUT2D eigenvalue weighted by atomic mass is 16.6. The summed E-state index contributed by atoms with van der Waals surface area (Å²) in [5.41, 5.74) is 0. The lowest BCUT2D eigenvalue weighted by molar-refractivity contribution is -0.165. The van der Waals surface area contributed by atoms with Crippen molar-refractivity contribution < 1.29 is 19.7 Å². The maximum atomic E-state index is 12.3. The number of hydrogen-bond donors (Lipinski definition) is 3. The second-order valence-corrected chi connectivity index (χ2v) is 7.23. The van der Waals surface area contributed by atoms with Gasteiger partial charge in [-0.15, -0.1) is 0 Å². The van der Waals surface area contributed by atoms with Crippen LogP contribution in [0.3, 0.4) is 0 Å². The molecule has 1 rings (SSSR count). The Hall–Kier alpha value is -0.650. The smallest absolute Gasteiger partial charge is 0.311 e. The van der Waals surface area contributed by atoms with Crippen molar-refractivity contribution in [1.29, 1.82) is 0 Å². The summed E-state index contributed by atoms with van der Waals surface area (Å²) in [5, 5.41) is 24.1. The fraction of sp³-hybridized carbons (Fsp3) is 0.944. The van der Waals surface area contributed by atoms with Gasteiger partial charge in [-0.25, -0.2) is 0 Å². The minimum atomic E-state index is -0.710. The Balaban J connectivity index is 2.78. The topological polar surface area (TPSA) is 78.8 Å². The molecule has 23 heavy (non-hydrogen) atoms. The van der Waals surface area contributed by atoms with Crippen LogP contribution in [0.15, 0.2) is 0 Å². The Bertz CT molecular complexity index is 350. The Morgan fingerprint density at radius 1 is 1.17 bits per heavy atom. The summed E-state index contributed by atoms with van der Waals surface area (Å²) in [5.74, 6) is -0.435. The highest BCUT2D eigenvalue weighted by Gasteiger charge is 2.31. The molecule has 0 bridgehead atoms. The van der Waals surface area contributed by atoms with E-state index in [9.17, 15) is 15.0 Å². The predicted molar refractivity (Wildman–Crippen MR) is 91.0 cm³/mol. The van der Waals surface area contributed by atoms with Crippen molar-refractivity contribution in [2.45, 2.75) is 78.1 Å². The molecule has 1 unspecified atom stereocenters. The van der Waals surface area contributed by atoms with Crippen LogP contribution in [0.5, 0.6) is 0 Å². The van der Waals surface area contributed by atoms with Crippen molar-refractivity contribution in [3.8, 4) is 0 Å². The molecular formula is C18H35NO4. The molecule has 1 fully saturated rings. The number of rotatable bonds is 1. The third-order valence-corrected chi connectivity index (χ3v) is 5.01. The Kier molecular flexibility index (Phi) is 9.10. The van der Waals surface area contributed by atoms with Gasteiger partial charge in [-0.05, 0) is 64.0 Å². The SMILES string of the molecule is CC[C@H]1OC(=O)[C@H](C)C(O)[C@H](C)C[C@@H](C)CCNCCC[C@@H]1O. The van der Waals surface area contributed by atoms with Crippen LogP contribution in [0.25, 0.3) is 0 Å². The lowest BCUT2D eigenvalue weighted by Gasteiger charge is -2.28. The lowest BCUT2D eigenvalue weighted by atomic mass is 9.85. The first-order chi connectivity index (χ1) is 10.9. The van der Waals surface area contributed by atoms with Gasteiger partial charge >= 0.3 is 5.97 Å². The van der Waals surface area contributed by atoms with Crippen LogP contribution in [0, 0.1) is 17.8 Å². The van der Waals surface area contributed by atoms with E-state index in [0.29, 0.717) is 18.8 Å². The van der Waals surface area contributed by atoms with Gasteiger partial charge in [0, 0.05) is 0 Å². The molecule has 3 N–H and O–H groups in total. The normalized spacial score (nSPS) is 39.1. The first kappa shape index (κ1) is 20.4. The summed E-state index contributed by atoms with van der Waals surface area (Å²) >= 11 is 0. The zero-order chi connectivity index (χ0) is 17.4.